The lowest BCUT2D eigenvalue weighted by atomic mass is 10.2. The van der Waals surface area contributed by atoms with Crippen LogP contribution in [0.1, 0.15) is 48.2 Å². The van der Waals surface area contributed by atoms with Crippen LogP contribution < -0.4 is 16.0 Å². The minimum absolute atomic E-state index is 0.0105. The molecular weight excluding hydrogens is 302 g/mol. The molecule has 1 aromatic heterocycles. The number of nitrogens with one attached hydrogen (secondary N) is 1. The van der Waals surface area contributed by atoms with Crippen LogP contribution in [0.3, 0.4) is 0 Å². The van der Waals surface area contributed by atoms with Crippen molar-refractivity contribution in [1.82, 2.24) is 5.32 Å². The van der Waals surface area contributed by atoms with E-state index in [2.05, 4.69) is 10.2 Å². The topological polar surface area (TPSA) is 58.4 Å². The largest absolute Gasteiger partial charge is 0.396 e. The average Bonchev–Trinajstić information content (AvgIpc) is 3.25. The molecule has 0 spiro atoms. The standard InChI is InChI=1S/C15H23N3OS2/c1-20-13-11(16)12(14(19)17-10-6-7-10)21-15(13)18-8-4-2-3-5-9-18/h10H,2-9,16H2,1H3,(H,17,19). The Hall–Kier alpha value is -0.880. The molecule has 1 amide bonds. The second-order valence-corrected chi connectivity index (χ2v) is 7.65. The Labute approximate surface area is 134 Å². The van der Waals surface area contributed by atoms with Crippen molar-refractivity contribution in [3.8, 4) is 0 Å². The van der Waals surface area contributed by atoms with Crippen molar-refractivity contribution < 1.29 is 4.79 Å². The second-order valence-electron chi connectivity index (χ2n) is 5.83. The molecule has 3 N–H and O–H groups in total. The fraction of sp³-hybridized carbons (Fsp3) is 0.667. The van der Waals surface area contributed by atoms with Crippen molar-refractivity contribution in [3.05, 3.63) is 4.88 Å². The summed E-state index contributed by atoms with van der Waals surface area (Å²) in [4.78, 5) is 16.5. The van der Waals surface area contributed by atoms with E-state index in [0.717, 1.165) is 30.8 Å². The van der Waals surface area contributed by atoms with Gasteiger partial charge in [-0.2, -0.15) is 0 Å². The van der Waals surface area contributed by atoms with Crippen molar-refractivity contribution in [1.29, 1.82) is 0 Å². The number of amides is 1. The molecule has 0 atom stereocenters. The number of rotatable bonds is 4. The number of nitrogens with two attached hydrogens (primary N) is 1. The lowest BCUT2D eigenvalue weighted by molar-refractivity contribution is 0.0956. The number of nitrogens with zero attached hydrogens (tertiary/aromatic N) is 1. The van der Waals surface area contributed by atoms with Crippen LogP contribution in [0, 0.1) is 0 Å². The molecule has 0 unspecified atom stereocenters. The third-order valence-corrected chi connectivity index (χ3v) is 6.31. The van der Waals surface area contributed by atoms with Gasteiger partial charge in [0.2, 0.25) is 0 Å². The van der Waals surface area contributed by atoms with Crippen molar-refractivity contribution in [2.45, 2.75) is 49.5 Å². The first-order chi connectivity index (χ1) is 10.2. The number of carbonyl (C=O) groups is 1. The van der Waals surface area contributed by atoms with Gasteiger partial charge in [-0.15, -0.1) is 23.1 Å². The van der Waals surface area contributed by atoms with E-state index in [4.69, 9.17) is 5.73 Å². The maximum absolute atomic E-state index is 12.3. The molecule has 2 fully saturated rings. The molecule has 1 saturated carbocycles. The molecule has 0 radical (unpaired) electrons. The lowest BCUT2D eigenvalue weighted by Gasteiger charge is -2.21. The maximum Gasteiger partial charge on any atom is 0.263 e. The SMILES string of the molecule is CSc1c(N2CCCCCC2)sc(C(=O)NC2CC2)c1N. The molecule has 3 rings (SSSR count). The van der Waals surface area contributed by atoms with Gasteiger partial charge in [-0.05, 0) is 31.9 Å². The molecule has 0 aromatic carbocycles. The predicted molar refractivity (Wildman–Crippen MR) is 91.7 cm³/mol. The van der Waals surface area contributed by atoms with Crippen LogP contribution in [0.5, 0.6) is 0 Å². The molecule has 1 aliphatic heterocycles. The van der Waals surface area contributed by atoms with Crippen molar-refractivity contribution in [3.63, 3.8) is 0 Å². The predicted octanol–water partition coefficient (Wildman–Crippen LogP) is 3.32. The molecule has 1 aromatic rings. The minimum atomic E-state index is 0.0105. The second kappa shape index (κ2) is 6.48. The summed E-state index contributed by atoms with van der Waals surface area (Å²) in [6, 6.07) is 0.373. The highest BCUT2D eigenvalue weighted by Gasteiger charge is 2.28. The van der Waals surface area contributed by atoms with E-state index in [-0.39, 0.29) is 5.91 Å². The zero-order valence-electron chi connectivity index (χ0n) is 12.5. The van der Waals surface area contributed by atoms with Gasteiger partial charge in [-0.3, -0.25) is 4.79 Å². The van der Waals surface area contributed by atoms with Crippen molar-refractivity contribution >= 4 is 39.7 Å². The van der Waals surface area contributed by atoms with Gasteiger partial charge in [0.15, 0.2) is 0 Å². The normalized spacial score (nSPS) is 19.4. The van der Waals surface area contributed by atoms with E-state index >= 15 is 0 Å². The Morgan fingerprint density at radius 3 is 2.52 bits per heavy atom. The Morgan fingerprint density at radius 2 is 1.95 bits per heavy atom. The summed E-state index contributed by atoms with van der Waals surface area (Å²) in [7, 11) is 0. The molecule has 0 bridgehead atoms. The van der Waals surface area contributed by atoms with Crippen molar-refractivity contribution in [2.24, 2.45) is 0 Å². The lowest BCUT2D eigenvalue weighted by Crippen LogP contribution is -2.25. The molecule has 1 aliphatic carbocycles. The third-order valence-electron chi connectivity index (χ3n) is 4.10. The molecule has 6 heteroatoms. The van der Waals surface area contributed by atoms with Crippen molar-refractivity contribution in [2.75, 3.05) is 30.0 Å². The number of anilines is 2. The van der Waals surface area contributed by atoms with Gasteiger partial charge in [0.05, 0.1) is 10.6 Å². The van der Waals surface area contributed by atoms with Gasteiger partial charge in [-0.25, -0.2) is 0 Å². The van der Waals surface area contributed by atoms with Crippen LogP contribution in [0.2, 0.25) is 0 Å². The van der Waals surface area contributed by atoms with Crippen LogP contribution in [0.15, 0.2) is 4.90 Å². The quantitative estimate of drug-likeness (QED) is 0.834. The number of thioether (sulfide) groups is 1. The van der Waals surface area contributed by atoms with Crippen LogP contribution in [-0.4, -0.2) is 31.3 Å². The van der Waals surface area contributed by atoms with E-state index in [1.165, 1.54) is 30.7 Å². The minimum Gasteiger partial charge on any atom is -0.396 e. The van der Waals surface area contributed by atoms with Crippen LogP contribution >= 0.6 is 23.1 Å². The van der Waals surface area contributed by atoms with Gasteiger partial charge < -0.3 is 16.0 Å². The summed E-state index contributed by atoms with van der Waals surface area (Å²) in [5.74, 6) is 0.0105. The molecule has 4 nitrogen and oxygen atoms in total. The summed E-state index contributed by atoms with van der Waals surface area (Å²) in [6.07, 6.45) is 9.32. The smallest absolute Gasteiger partial charge is 0.263 e. The number of carbonyl (C=O) groups excluding carboxylic acids is 1. The first-order valence-electron chi connectivity index (χ1n) is 7.72. The molecular formula is C15H23N3OS2. The van der Waals surface area contributed by atoms with Crippen LogP contribution in [0.4, 0.5) is 10.7 Å². The molecule has 116 valence electrons. The molecule has 2 aliphatic rings. The first-order valence-corrected chi connectivity index (χ1v) is 9.77. The summed E-state index contributed by atoms with van der Waals surface area (Å²) >= 11 is 3.23. The van der Waals surface area contributed by atoms with E-state index < -0.39 is 0 Å². The van der Waals surface area contributed by atoms with E-state index in [9.17, 15) is 4.79 Å². The fourth-order valence-corrected chi connectivity index (χ4v) is 4.88. The monoisotopic (exact) mass is 325 g/mol. The fourth-order valence-electron chi connectivity index (χ4n) is 2.74. The number of thiophene rings is 1. The molecule has 21 heavy (non-hydrogen) atoms. The number of nitrogen functional groups attached to an aromatic ring is 1. The van der Waals surface area contributed by atoms with Gasteiger partial charge >= 0.3 is 0 Å². The van der Waals surface area contributed by atoms with Crippen LogP contribution in [-0.2, 0) is 0 Å². The van der Waals surface area contributed by atoms with E-state index in [1.54, 1.807) is 23.1 Å². The van der Waals surface area contributed by atoms with Gasteiger partial charge in [0.25, 0.3) is 5.91 Å². The summed E-state index contributed by atoms with van der Waals surface area (Å²) in [5.41, 5.74) is 6.93. The van der Waals surface area contributed by atoms with E-state index in [0.29, 0.717) is 16.6 Å². The molecule has 1 saturated heterocycles. The Morgan fingerprint density at radius 1 is 1.29 bits per heavy atom. The number of hydrogen-bond donors (Lipinski definition) is 2. The Bertz CT molecular complexity index is 517. The highest BCUT2D eigenvalue weighted by Crippen LogP contribution is 2.44. The van der Waals surface area contributed by atoms with Gasteiger partial charge in [-0.1, -0.05) is 12.8 Å². The maximum atomic E-state index is 12.3. The summed E-state index contributed by atoms with van der Waals surface area (Å²) in [5, 5.41) is 4.25. The zero-order valence-corrected chi connectivity index (χ0v) is 14.1. The Kier molecular flexibility index (Phi) is 4.64. The Balaban J connectivity index is 1.86. The summed E-state index contributed by atoms with van der Waals surface area (Å²) in [6.45, 7) is 2.16. The van der Waals surface area contributed by atoms with E-state index in [1.807, 2.05) is 6.26 Å². The number of hydrogen-bond acceptors (Lipinski definition) is 5. The third kappa shape index (κ3) is 3.31. The average molecular weight is 326 g/mol. The zero-order chi connectivity index (χ0) is 14.8. The highest BCUT2D eigenvalue weighted by atomic mass is 32.2. The highest BCUT2D eigenvalue weighted by molar-refractivity contribution is 7.99. The van der Waals surface area contributed by atoms with Gasteiger partial charge in [0, 0.05) is 19.1 Å². The van der Waals surface area contributed by atoms with Crippen LogP contribution in [0.25, 0.3) is 0 Å². The summed E-state index contributed by atoms with van der Waals surface area (Å²) < 4.78 is 0. The molecule has 2 heterocycles. The van der Waals surface area contributed by atoms with Gasteiger partial charge in [0.1, 0.15) is 9.88 Å². The first kappa shape index (κ1) is 15.0.